The number of benzene rings is 3. The summed E-state index contributed by atoms with van der Waals surface area (Å²) in [5, 5.41) is 0. The van der Waals surface area contributed by atoms with E-state index in [1.807, 2.05) is 30.3 Å². The van der Waals surface area contributed by atoms with Gasteiger partial charge in [0, 0.05) is 11.4 Å². The second-order valence-electron chi connectivity index (χ2n) is 5.79. The van der Waals surface area contributed by atoms with Crippen LogP contribution in [0.2, 0.25) is 0 Å². The molecule has 3 aromatic carbocycles. The summed E-state index contributed by atoms with van der Waals surface area (Å²) < 4.78 is 0. The fraction of sp³-hybridized carbons (Fsp3) is 0.182. The van der Waals surface area contributed by atoms with E-state index in [1.54, 1.807) is 0 Å². The first kappa shape index (κ1) is 17.6. The Bertz CT molecular complexity index is 684. The van der Waals surface area contributed by atoms with Crippen molar-refractivity contribution in [3.63, 3.8) is 0 Å². The van der Waals surface area contributed by atoms with E-state index >= 15 is 0 Å². The van der Waals surface area contributed by atoms with Crippen molar-refractivity contribution in [1.29, 1.82) is 0 Å². The van der Waals surface area contributed by atoms with Gasteiger partial charge in [-0.15, -0.1) is 0 Å². The van der Waals surface area contributed by atoms with Crippen molar-refractivity contribution >= 4 is 11.4 Å². The maximum Gasteiger partial charge on any atom is 0.0348 e. The molecule has 0 bridgehead atoms. The van der Waals surface area contributed by atoms with E-state index in [4.69, 9.17) is 11.5 Å². The molecule has 0 aliphatic rings. The average Bonchev–Trinajstić information content (AvgIpc) is 2.64. The molecule has 0 unspecified atom stereocenters. The molecule has 0 aromatic heterocycles. The Balaban J connectivity index is 0.000000174. The normalized spacial score (nSPS) is 9.88. The minimum Gasteiger partial charge on any atom is -0.399 e. The smallest absolute Gasteiger partial charge is 0.0348 e. The molecule has 0 saturated heterocycles. The van der Waals surface area contributed by atoms with Crippen LogP contribution in [0.15, 0.2) is 78.9 Å². The fourth-order valence-corrected chi connectivity index (χ4v) is 2.47. The van der Waals surface area contributed by atoms with Crippen LogP contribution < -0.4 is 11.5 Å². The predicted octanol–water partition coefficient (Wildman–Crippen LogP) is 5.55. The predicted molar refractivity (Wildman–Crippen MR) is 106 cm³/mol. The van der Waals surface area contributed by atoms with Crippen LogP contribution in [-0.4, -0.2) is 0 Å². The standard InChI is InChI=1S/C12H10.C10H16N2/c1-3-7-11(8-4-1)12-9-5-2-6-10-12;1-2-3-4-8-7-9(11)5-6-10(8)12/h1-10H;5-7H,2-4,11-12H2,1H3. The second-order valence-corrected chi connectivity index (χ2v) is 5.79. The van der Waals surface area contributed by atoms with Gasteiger partial charge in [-0.2, -0.15) is 0 Å². The summed E-state index contributed by atoms with van der Waals surface area (Å²) in [6.45, 7) is 2.17. The van der Waals surface area contributed by atoms with Crippen molar-refractivity contribution in [2.24, 2.45) is 0 Å². The van der Waals surface area contributed by atoms with Crippen LogP contribution in [0.4, 0.5) is 11.4 Å². The Morgan fingerprint density at radius 1 is 0.708 bits per heavy atom. The number of unbranched alkanes of at least 4 members (excludes halogenated alkanes) is 1. The molecule has 0 aliphatic heterocycles. The fourth-order valence-electron chi connectivity index (χ4n) is 2.47. The lowest BCUT2D eigenvalue weighted by Crippen LogP contribution is -1.96. The Morgan fingerprint density at radius 2 is 1.25 bits per heavy atom. The quantitative estimate of drug-likeness (QED) is 0.620. The SMILES string of the molecule is CCCCc1cc(N)ccc1N.c1ccc(-c2ccccc2)cc1. The summed E-state index contributed by atoms with van der Waals surface area (Å²) in [7, 11) is 0. The molecular formula is C22H26N2. The van der Waals surface area contributed by atoms with Gasteiger partial charge in [0.2, 0.25) is 0 Å². The van der Waals surface area contributed by atoms with Gasteiger partial charge in [0.05, 0.1) is 0 Å². The van der Waals surface area contributed by atoms with E-state index < -0.39 is 0 Å². The molecule has 0 atom stereocenters. The first-order chi connectivity index (χ1) is 11.7. The number of rotatable bonds is 4. The summed E-state index contributed by atoms with van der Waals surface area (Å²) >= 11 is 0. The Labute approximate surface area is 145 Å². The number of hydrogen-bond acceptors (Lipinski definition) is 2. The Morgan fingerprint density at radius 3 is 1.75 bits per heavy atom. The van der Waals surface area contributed by atoms with Crippen molar-refractivity contribution < 1.29 is 0 Å². The van der Waals surface area contributed by atoms with Gasteiger partial charge in [0.15, 0.2) is 0 Å². The molecule has 0 radical (unpaired) electrons. The van der Waals surface area contributed by atoms with E-state index in [0.29, 0.717) is 0 Å². The molecule has 3 rings (SSSR count). The topological polar surface area (TPSA) is 52.0 Å². The highest BCUT2D eigenvalue weighted by Crippen LogP contribution is 2.18. The van der Waals surface area contributed by atoms with Gasteiger partial charge in [-0.3, -0.25) is 0 Å². The van der Waals surface area contributed by atoms with Crippen LogP contribution in [0.1, 0.15) is 25.3 Å². The molecule has 0 saturated carbocycles. The molecule has 24 heavy (non-hydrogen) atoms. The summed E-state index contributed by atoms with van der Waals surface area (Å²) in [6, 6.07) is 26.5. The van der Waals surface area contributed by atoms with E-state index in [2.05, 4.69) is 55.5 Å². The summed E-state index contributed by atoms with van der Waals surface area (Å²) in [6.07, 6.45) is 3.40. The minimum atomic E-state index is 0.801. The maximum absolute atomic E-state index is 5.77. The first-order valence-electron chi connectivity index (χ1n) is 8.45. The molecule has 0 spiro atoms. The minimum absolute atomic E-state index is 0.801. The second kappa shape index (κ2) is 9.41. The molecule has 2 nitrogen and oxygen atoms in total. The monoisotopic (exact) mass is 318 g/mol. The molecule has 4 N–H and O–H groups in total. The van der Waals surface area contributed by atoms with Gasteiger partial charge >= 0.3 is 0 Å². The van der Waals surface area contributed by atoms with Gasteiger partial charge in [-0.05, 0) is 47.7 Å². The molecular weight excluding hydrogens is 292 g/mol. The highest BCUT2D eigenvalue weighted by Gasteiger charge is 1.98. The summed E-state index contributed by atoms with van der Waals surface area (Å²) in [4.78, 5) is 0. The Kier molecular flexibility index (Phi) is 6.91. The molecule has 0 fully saturated rings. The first-order valence-corrected chi connectivity index (χ1v) is 8.45. The van der Waals surface area contributed by atoms with Gasteiger partial charge in [-0.25, -0.2) is 0 Å². The highest BCUT2D eigenvalue weighted by molar-refractivity contribution is 5.62. The third kappa shape index (κ3) is 5.47. The van der Waals surface area contributed by atoms with E-state index in [1.165, 1.54) is 29.5 Å². The van der Waals surface area contributed by atoms with Crippen molar-refractivity contribution in [2.75, 3.05) is 11.5 Å². The zero-order valence-electron chi connectivity index (χ0n) is 14.3. The largest absolute Gasteiger partial charge is 0.399 e. The van der Waals surface area contributed by atoms with Crippen LogP contribution in [0.5, 0.6) is 0 Å². The van der Waals surface area contributed by atoms with Gasteiger partial charge < -0.3 is 11.5 Å². The zero-order chi connectivity index (χ0) is 17.2. The van der Waals surface area contributed by atoms with Gasteiger partial charge in [0.1, 0.15) is 0 Å². The number of hydrogen-bond donors (Lipinski definition) is 2. The molecule has 124 valence electrons. The molecule has 0 amide bonds. The summed E-state index contributed by atoms with van der Waals surface area (Å²) in [5.41, 5.74) is 16.8. The van der Waals surface area contributed by atoms with Crippen LogP contribution in [0.3, 0.4) is 0 Å². The van der Waals surface area contributed by atoms with Gasteiger partial charge in [0.25, 0.3) is 0 Å². The molecule has 0 heterocycles. The Hall–Kier alpha value is -2.74. The highest BCUT2D eigenvalue weighted by atomic mass is 14.6. The number of aryl methyl sites for hydroxylation is 1. The van der Waals surface area contributed by atoms with Gasteiger partial charge in [-0.1, -0.05) is 74.0 Å². The van der Waals surface area contributed by atoms with Crippen molar-refractivity contribution in [2.45, 2.75) is 26.2 Å². The maximum atomic E-state index is 5.77. The van der Waals surface area contributed by atoms with Crippen LogP contribution in [0, 0.1) is 0 Å². The van der Waals surface area contributed by atoms with Crippen molar-refractivity contribution in [1.82, 2.24) is 0 Å². The van der Waals surface area contributed by atoms with Crippen molar-refractivity contribution in [3.05, 3.63) is 84.4 Å². The molecule has 0 aliphatic carbocycles. The number of nitrogen functional groups attached to an aromatic ring is 2. The lowest BCUT2D eigenvalue weighted by molar-refractivity contribution is 0.797. The number of nitrogens with two attached hydrogens (primary N) is 2. The zero-order valence-corrected chi connectivity index (χ0v) is 14.3. The van der Waals surface area contributed by atoms with E-state index in [-0.39, 0.29) is 0 Å². The lowest BCUT2D eigenvalue weighted by atomic mass is 10.1. The lowest BCUT2D eigenvalue weighted by Gasteiger charge is -2.05. The number of anilines is 2. The van der Waals surface area contributed by atoms with Crippen LogP contribution >= 0.6 is 0 Å². The van der Waals surface area contributed by atoms with Crippen LogP contribution in [0.25, 0.3) is 11.1 Å². The molecule has 2 heteroatoms. The third-order valence-electron chi connectivity index (χ3n) is 3.85. The van der Waals surface area contributed by atoms with E-state index in [9.17, 15) is 0 Å². The molecule has 3 aromatic rings. The average molecular weight is 318 g/mol. The van der Waals surface area contributed by atoms with E-state index in [0.717, 1.165) is 17.8 Å². The van der Waals surface area contributed by atoms with Crippen LogP contribution in [-0.2, 0) is 6.42 Å². The third-order valence-corrected chi connectivity index (χ3v) is 3.85. The van der Waals surface area contributed by atoms with Crippen molar-refractivity contribution in [3.8, 4) is 11.1 Å². The summed E-state index contributed by atoms with van der Waals surface area (Å²) in [5.74, 6) is 0.